The lowest BCUT2D eigenvalue weighted by Crippen LogP contribution is -2.37. The molecule has 1 fully saturated rings. The molecule has 126 valence electrons. The Kier molecular flexibility index (Phi) is 5.11. The topological polar surface area (TPSA) is 49.8 Å². The Morgan fingerprint density at radius 3 is 2.62 bits per heavy atom. The van der Waals surface area contributed by atoms with Crippen molar-refractivity contribution in [3.8, 4) is 5.75 Å². The number of carbonyl (C=O) groups is 1. The Morgan fingerprint density at radius 1 is 1.21 bits per heavy atom. The predicted molar refractivity (Wildman–Crippen MR) is 88.2 cm³/mol. The molecule has 0 bridgehead atoms. The number of benzene rings is 2. The van der Waals surface area contributed by atoms with E-state index in [-0.39, 0.29) is 30.1 Å². The van der Waals surface area contributed by atoms with Gasteiger partial charge < -0.3 is 14.7 Å². The summed E-state index contributed by atoms with van der Waals surface area (Å²) in [7, 11) is 0. The molecule has 1 aliphatic heterocycles. The van der Waals surface area contributed by atoms with Crippen LogP contribution in [-0.2, 0) is 11.3 Å². The smallest absolute Gasteiger partial charge is 0.254 e. The van der Waals surface area contributed by atoms with Gasteiger partial charge in [-0.05, 0) is 43.2 Å². The van der Waals surface area contributed by atoms with Crippen LogP contribution in [0.4, 0.5) is 4.39 Å². The molecule has 0 saturated carbocycles. The molecule has 24 heavy (non-hydrogen) atoms. The summed E-state index contributed by atoms with van der Waals surface area (Å²) in [5.74, 6) is -0.423. The molecule has 2 aromatic rings. The maximum atomic E-state index is 13.1. The number of hydrogen-bond donors (Lipinski definition) is 1. The highest BCUT2D eigenvalue weighted by Gasteiger charge is 2.24. The van der Waals surface area contributed by atoms with Gasteiger partial charge in [0.25, 0.3) is 5.91 Å². The average Bonchev–Trinajstić information content (AvgIpc) is 3.09. The number of amides is 1. The summed E-state index contributed by atoms with van der Waals surface area (Å²) in [6, 6.07) is 12.5. The molecule has 2 aromatic carbocycles. The van der Waals surface area contributed by atoms with Gasteiger partial charge in [-0.15, -0.1) is 0 Å². The fourth-order valence-corrected chi connectivity index (χ4v) is 2.88. The summed E-state index contributed by atoms with van der Waals surface area (Å²) in [6.45, 7) is 1.44. The second kappa shape index (κ2) is 7.45. The van der Waals surface area contributed by atoms with Crippen LogP contribution in [0.1, 0.15) is 28.8 Å². The SMILES string of the molecule is O=C(c1ccc(F)cc1)N(Cc1ccccc1O)CC1CCCO1. The maximum Gasteiger partial charge on any atom is 0.254 e. The van der Waals surface area contributed by atoms with Gasteiger partial charge in [-0.25, -0.2) is 4.39 Å². The number of phenolic OH excluding ortho intramolecular Hbond substituents is 1. The molecule has 0 radical (unpaired) electrons. The fraction of sp³-hybridized carbons (Fsp3) is 0.316. The zero-order chi connectivity index (χ0) is 16.9. The van der Waals surface area contributed by atoms with Crippen LogP contribution < -0.4 is 0 Å². The van der Waals surface area contributed by atoms with Crippen LogP contribution in [0.2, 0.25) is 0 Å². The minimum absolute atomic E-state index is 0.000235. The molecule has 1 amide bonds. The third-order valence-electron chi connectivity index (χ3n) is 4.18. The van der Waals surface area contributed by atoms with Crippen molar-refractivity contribution in [1.82, 2.24) is 4.90 Å². The molecule has 1 N–H and O–H groups in total. The van der Waals surface area contributed by atoms with E-state index in [1.165, 1.54) is 24.3 Å². The third kappa shape index (κ3) is 3.92. The van der Waals surface area contributed by atoms with Gasteiger partial charge in [0.2, 0.25) is 0 Å². The Hall–Kier alpha value is -2.40. The van der Waals surface area contributed by atoms with Crippen LogP contribution in [0.3, 0.4) is 0 Å². The van der Waals surface area contributed by atoms with E-state index < -0.39 is 0 Å². The van der Waals surface area contributed by atoms with Crippen molar-refractivity contribution in [2.75, 3.05) is 13.2 Å². The lowest BCUT2D eigenvalue weighted by atomic mass is 10.1. The highest BCUT2D eigenvalue weighted by Crippen LogP contribution is 2.21. The van der Waals surface area contributed by atoms with E-state index in [0.29, 0.717) is 24.3 Å². The number of carbonyl (C=O) groups excluding carboxylic acids is 1. The zero-order valence-corrected chi connectivity index (χ0v) is 13.3. The van der Waals surface area contributed by atoms with Gasteiger partial charge in [0.15, 0.2) is 0 Å². The van der Waals surface area contributed by atoms with Crippen molar-refractivity contribution in [3.05, 3.63) is 65.5 Å². The zero-order valence-electron chi connectivity index (χ0n) is 13.3. The van der Waals surface area contributed by atoms with Crippen molar-refractivity contribution in [3.63, 3.8) is 0 Å². The largest absolute Gasteiger partial charge is 0.508 e. The Labute approximate surface area is 140 Å². The number of rotatable bonds is 5. The van der Waals surface area contributed by atoms with Gasteiger partial charge >= 0.3 is 0 Å². The number of phenols is 1. The Bertz CT molecular complexity index is 696. The number of halogens is 1. The van der Waals surface area contributed by atoms with E-state index in [9.17, 15) is 14.3 Å². The van der Waals surface area contributed by atoms with Crippen LogP contribution in [0.15, 0.2) is 48.5 Å². The molecule has 0 spiro atoms. The van der Waals surface area contributed by atoms with Crippen molar-refractivity contribution in [2.45, 2.75) is 25.5 Å². The van der Waals surface area contributed by atoms with Crippen molar-refractivity contribution >= 4 is 5.91 Å². The first kappa shape index (κ1) is 16.5. The van der Waals surface area contributed by atoms with Crippen LogP contribution in [0, 0.1) is 5.82 Å². The number of nitrogens with zero attached hydrogens (tertiary/aromatic N) is 1. The monoisotopic (exact) mass is 329 g/mol. The Balaban J connectivity index is 1.81. The molecule has 0 aromatic heterocycles. The molecule has 1 aliphatic rings. The summed E-state index contributed by atoms with van der Waals surface area (Å²) in [5, 5.41) is 9.99. The highest BCUT2D eigenvalue weighted by atomic mass is 19.1. The van der Waals surface area contributed by atoms with E-state index in [1.807, 2.05) is 6.07 Å². The van der Waals surface area contributed by atoms with E-state index in [0.717, 1.165) is 12.8 Å². The summed E-state index contributed by atoms with van der Waals surface area (Å²) in [6.07, 6.45) is 1.90. The van der Waals surface area contributed by atoms with Crippen molar-refractivity contribution in [1.29, 1.82) is 0 Å². The molecule has 4 nitrogen and oxygen atoms in total. The second-order valence-electron chi connectivity index (χ2n) is 5.96. The van der Waals surface area contributed by atoms with Crippen LogP contribution >= 0.6 is 0 Å². The second-order valence-corrected chi connectivity index (χ2v) is 5.96. The van der Waals surface area contributed by atoms with Gasteiger partial charge in [0.05, 0.1) is 6.10 Å². The maximum absolute atomic E-state index is 13.1. The van der Waals surface area contributed by atoms with Crippen LogP contribution in [0.5, 0.6) is 5.75 Å². The average molecular weight is 329 g/mol. The van der Waals surface area contributed by atoms with E-state index >= 15 is 0 Å². The van der Waals surface area contributed by atoms with E-state index in [1.54, 1.807) is 23.1 Å². The third-order valence-corrected chi connectivity index (χ3v) is 4.18. The number of ether oxygens (including phenoxy) is 1. The highest BCUT2D eigenvalue weighted by molar-refractivity contribution is 5.94. The van der Waals surface area contributed by atoms with E-state index in [4.69, 9.17) is 4.74 Å². The molecular weight excluding hydrogens is 309 g/mol. The van der Waals surface area contributed by atoms with Gasteiger partial charge in [-0.1, -0.05) is 18.2 Å². The molecule has 1 atom stereocenters. The summed E-state index contributed by atoms with van der Waals surface area (Å²) in [4.78, 5) is 14.5. The fourth-order valence-electron chi connectivity index (χ4n) is 2.88. The molecule has 1 heterocycles. The normalized spacial score (nSPS) is 17.0. The minimum atomic E-state index is -0.377. The van der Waals surface area contributed by atoms with Crippen LogP contribution in [-0.4, -0.2) is 35.2 Å². The molecular formula is C19H20FNO3. The number of hydrogen-bond acceptors (Lipinski definition) is 3. The summed E-state index contributed by atoms with van der Waals surface area (Å²) in [5.41, 5.74) is 1.09. The molecule has 1 saturated heterocycles. The summed E-state index contributed by atoms with van der Waals surface area (Å²) < 4.78 is 18.7. The van der Waals surface area contributed by atoms with Gasteiger partial charge in [-0.2, -0.15) is 0 Å². The van der Waals surface area contributed by atoms with E-state index in [2.05, 4.69) is 0 Å². The minimum Gasteiger partial charge on any atom is -0.508 e. The first-order valence-electron chi connectivity index (χ1n) is 8.07. The van der Waals surface area contributed by atoms with Gasteiger partial charge in [0, 0.05) is 30.8 Å². The first-order chi connectivity index (χ1) is 11.6. The molecule has 3 rings (SSSR count). The summed E-state index contributed by atoms with van der Waals surface area (Å²) >= 11 is 0. The number of aromatic hydroxyl groups is 1. The van der Waals surface area contributed by atoms with Gasteiger partial charge in [-0.3, -0.25) is 4.79 Å². The quantitative estimate of drug-likeness (QED) is 0.915. The Morgan fingerprint density at radius 2 is 1.96 bits per heavy atom. The number of para-hydroxylation sites is 1. The standard InChI is InChI=1S/C19H20FNO3/c20-16-9-7-14(8-10-16)19(23)21(13-17-5-3-11-24-17)12-15-4-1-2-6-18(15)22/h1-2,4,6-10,17,22H,3,5,11-13H2. The molecule has 5 heteroatoms. The molecule has 1 unspecified atom stereocenters. The van der Waals surface area contributed by atoms with Gasteiger partial charge in [0.1, 0.15) is 11.6 Å². The van der Waals surface area contributed by atoms with Crippen LogP contribution in [0.25, 0.3) is 0 Å². The molecule has 0 aliphatic carbocycles. The predicted octanol–water partition coefficient (Wildman–Crippen LogP) is 3.35. The lowest BCUT2D eigenvalue weighted by Gasteiger charge is -2.26. The lowest BCUT2D eigenvalue weighted by molar-refractivity contribution is 0.0506. The van der Waals surface area contributed by atoms with Crippen molar-refractivity contribution in [2.24, 2.45) is 0 Å². The first-order valence-corrected chi connectivity index (χ1v) is 8.07. The van der Waals surface area contributed by atoms with Crippen molar-refractivity contribution < 1.29 is 19.0 Å².